The summed E-state index contributed by atoms with van der Waals surface area (Å²) in [5.74, 6) is -1.80. The molecule has 0 saturated heterocycles. The van der Waals surface area contributed by atoms with Crippen LogP contribution in [0.5, 0.6) is 5.75 Å². The maximum atomic E-state index is 12.6. The zero-order valence-electron chi connectivity index (χ0n) is 15.7. The van der Waals surface area contributed by atoms with Crippen LogP contribution in [0.2, 0.25) is 0 Å². The van der Waals surface area contributed by atoms with Gasteiger partial charge >= 0.3 is 6.36 Å². The summed E-state index contributed by atoms with van der Waals surface area (Å²) in [4.78, 5) is 35.6. The lowest BCUT2D eigenvalue weighted by atomic mass is 10.2. The van der Waals surface area contributed by atoms with Gasteiger partial charge in [0.2, 0.25) is 5.43 Å². The fraction of sp³-hybridized carbons (Fsp3) is 0.105. The minimum absolute atomic E-state index is 0.000134. The van der Waals surface area contributed by atoms with Gasteiger partial charge in [-0.25, -0.2) is 4.68 Å². The van der Waals surface area contributed by atoms with E-state index in [0.717, 1.165) is 22.9 Å². The number of carbonyl (C=O) groups excluding carboxylic acids is 1. The van der Waals surface area contributed by atoms with E-state index >= 15 is 0 Å². The number of halogens is 3. The summed E-state index contributed by atoms with van der Waals surface area (Å²) in [5.41, 5.74) is -1.96. The van der Waals surface area contributed by atoms with Gasteiger partial charge in [-0.05, 0) is 25.1 Å². The summed E-state index contributed by atoms with van der Waals surface area (Å²) in [7, 11) is 0. The number of nitrogens with one attached hydrogen (secondary N) is 1. The van der Waals surface area contributed by atoms with Crippen molar-refractivity contribution in [3.8, 4) is 11.4 Å². The molecule has 3 rings (SSSR count). The lowest BCUT2D eigenvalue weighted by Crippen LogP contribution is -2.27. The molecular weight excluding hydrogens is 421 g/mol. The van der Waals surface area contributed by atoms with Crippen LogP contribution >= 0.6 is 0 Å². The molecular formula is C19H13F3N4O5. The first kappa shape index (κ1) is 21.5. The number of aromatic nitrogens is 2. The van der Waals surface area contributed by atoms with Gasteiger partial charge in [-0.1, -0.05) is 24.3 Å². The third kappa shape index (κ3) is 4.86. The highest BCUT2D eigenvalue weighted by Gasteiger charge is 2.32. The van der Waals surface area contributed by atoms with Gasteiger partial charge < -0.3 is 10.1 Å². The Morgan fingerprint density at radius 2 is 1.81 bits per heavy atom. The monoisotopic (exact) mass is 434 g/mol. The van der Waals surface area contributed by atoms with Crippen molar-refractivity contribution in [3.63, 3.8) is 0 Å². The summed E-state index contributed by atoms with van der Waals surface area (Å²) in [6, 6.07) is 11.3. The molecule has 12 heteroatoms. The molecule has 1 heterocycles. The number of benzene rings is 2. The smallest absolute Gasteiger partial charge is 0.404 e. The van der Waals surface area contributed by atoms with E-state index in [0.29, 0.717) is 0 Å². The third-order valence-electron chi connectivity index (χ3n) is 3.99. The lowest BCUT2D eigenvalue weighted by Gasteiger charge is -2.14. The second-order valence-electron chi connectivity index (χ2n) is 6.15. The van der Waals surface area contributed by atoms with Gasteiger partial charge in [0, 0.05) is 17.8 Å². The number of para-hydroxylation sites is 4. The van der Waals surface area contributed by atoms with Crippen molar-refractivity contribution in [1.29, 1.82) is 0 Å². The van der Waals surface area contributed by atoms with Crippen molar-refractivity contribution < 1.29 is 27.6 Å². The first-order valence-electron chi connectivity index (χ1n) is 8.58. The second kappa shape index (κ2) is 8.26. The summed E-state index contributed by atoms with van der Waals surface area (Å²) >= 11 is 0. The maximum absolute atomic E-state index is 12.6. The number of alkyl halides is 3. The van der Waals surface area contributed by atoms with Gasteiger partial charge in [-0.15, -0.1) is 13.2 Å². The Labute approximate surface area is 171 Å². The number of aryl methyl sites for hydroxylation is 1. The number of anilines is 1. The number of carbonyl (C=O) groups is 1. The average molecular weight is 434 g/mol. The molecule has 31 heavy (non-hydrogen) atoms. The molecule has 1 N–H and O–H groups in total. The summed E-state index contributed by atoms with van der Waals surface area (Å²) in [6.07, 6.45) is -5.00. The highest BCUT2D eigenvalue weighted by atomic mass is 19.4. The molecule has 0 spiro atoms. The highest BCUT2D eigenvalue weighted by Crippen LogP contribution is 2.30. The van der Waals surface area contributed by atoms with Crippen LogP contribution in [-0.4, -0.2) is 27.0 Å². The van der Waals surface area contributed by atoms with Gasteiger partial charge in [0.1, 0.15) is 5.69 Å². The zero-order valence-corrected chi connectivity index (χ0v) is 15.7. The minimum atomic E-state index is -5.00. The van der Waals surface area contributed by atoms with E-state index in [-0.39, 0.29) is 22.8 Å². The Bertz CT molecular complexity index is 1220. The third-order valence-corrected chi connectivity index (χ3v) is 3.99. The number of hydrogen-bond acceptors (Lipinski definition) is 6. The molecule has 0 unspecified atom stereocenters. The van der Waals surface area contributed by atoms with Crippen LogP contribution < -0.4 is 15.5 Å². The Hall–Kier alpha value is -4.22. The SMILES string of the molecule is Cc1cc(=O)c(C(=O)Nc2ccccc2OC(F)(F)F)nn1-c1ccccc1[N+](=O)[O-]. The normalized spacial score (nSPS) is 11.1. The van der Waals surface area contributed by atoms with Gasteiger partial charge in [0.25, 0.3) is 11.6 Å². The van der Waals surface area contributed by atoms with Crippen molar-refractivity contribution >= 4 is 17.3 Å². The van der Waals surface area contributed by atoms with Crippen LogP contribution in [0.1, 0.15) is 16.2 Å². The van der Waals surface area contributed by atoms with E-state index in [2.05, 4.69) is 15.2 Å². The van der Waals surface area contributed by atoms with Crippen molar-refractivity contribution in [2.45, 2.75) is 13.3 Å². The van der Waals surface area contributed by atoms with Crippen molar-refractivity contribution in [2.24, 2.45) is 0 Å². The molecule has 0 fully saturated rings. The number of ether oxygens (including phenoxy) is 1. The van der Waals surface area contributed by atoms with Gasteiger partial charge in [0.15, 0.2) is 11.4 Å². The van der Waals surface area contributed by atoms with E-state index < -0.39 is 34.1 Å². The number of nitrogens with zero attached hydrogens (tertiary/aromatic N) is 3. The number of rotatable bonds is 5. The van der Waals surface area contributed by atoms with Gasteiger partial charge in [0.05, 0.1) is 10.6 Å². The molecule has 0 bridgehead atoms. The Balaban J connectivity index is 2.02. The molecule has 0 aliphatic rings. The fourth-order valence-electron chi connectivity index (χ4n) is 2.71. The first-order chi connectivity index (χ1) is 14.6. The average Bonchev–Trinajstić information content (AvgIpc) is 2.68. The quantitative estimate of drug-likeness (QED) is 0.485. The van der Waals surface area contributed by atoms with E-state index in [4.69, 9.17) is 0 Å². The lowest BCUT2D eigenvalue weighted by molar-refractivity contribution is -0.384. The highest BCUT2D eigenvalue weighted by molar-refractivity contribution is 6.03. The van der Waals surface area contributed by atoms with Gasteiger partial charge in [-0.3, -0.25) is 19.7 Å². The molecule has 0 radical (unpaired) electrons. The van der Waals surface area contributed by atoms with Crippen molar-refractivity contribution in [3.05, 3.63) is 86.3 Å². The molecule has 0 saturated carbocycles. The zero-order chi connectivity index (χ0) is 22.8. The number of hydrogen-bond donors (Lipinski definition) is 1. The first-order valence-corrected chi connectivity index (χ1v) is 8.58. The molecule has 1 amide bonds. The summed E-state index contributed by atoms with van der Waals surface area (Å²) in [5, 5.41) is 17.4. The molecule has 0 aliphatic carbocycles. The largest absolute Gasteiger partial charge is 0.573 e. The van der Waals surface area contributed by atoms with Crippen LogP contribution in [0.15, 0.2) is 59.4 Å². The molecule has 160 valence electrons. The van der Waals surface area contributed by atoms with Crippen molar-refractivity contribution in [2.75, 3.05) is 5.32 Å². The Morgan fingerprint density at radius 1 is 1.16 bits per heavy atom. The van der Waals surface area contributed by atoms with Gasteiger partial charge in [-0.2, -0.15) is 5.10 Å². The van der Waals surface area contributed by atoms with E-state index in [1.165, 1.54) is 43.3 Å². The van der Waals surface area contributed by atoms with E-state index in [1.54, 1.807) is 0 Å². The molecule has 2 aromatic carbocycles. The molecule has 9 nitrogen and oxygen atoms in total. The number of nitro groups is 1. The minimum Gasteiger partial charge on any atom is -0.404 e. The van der Waals surface area contributed by atoms with E-state index in [1.807, 2.05) is 0 Å². The van der Waals surface area contributed by atoms with Crippen molar-refractivity contribution in [1.82, 2.24) is 9.78 Å². The van der Waals surface area contributed by atoms with Crippen LogP contribution in [0, 0.1) is 17.0 Å². The maximum Gasteiger partial charge on any atom is 0.573 e. The molecule has 3 aromatic rings. The van der Waals surface area contributed by atoms with Crippen LogP contribution in [-0.2, 0) is 0 Å². The van der Waals surface area contributed by atoms with Crippen LogP contribution in [0.4, 0.5) is 24.5 Å². The standard InChI is InChI=1S/C19H13F3N4O5/c1-11-10-15(27)17(24-25(11)13-7-3-4-8-14(13)26(29)30)18(28)23-12-6-2-5-9-16(12)31-19(20,21)22/h2-10H,1H3,(H,23,28). The number of nitro benzene ring substituents is 1. The Kier molecular flexibility index (Phi) is 5.72. The van der Waals surface area contributed by atoms with E-state index in [9.17, 15) is 32.9 Å². The Morgan fingerprint density at radius 3 is 2.48 bits per heavy atom. The summed E-state index contributed by atoms with van der Waals surface area (Å²) in [6.45, 7) is 1.46. The fourth-order valence-corrected chi connectivity index (χ4v) is 2.71. The molecule has 1 aromatic heterocycles. The predicted octanol–water partition coefficient (Wildman–Crippen LogP) is 3.60. The molecule has 0 aliphatic heterocycles. The van der Waals surface area contributed by atoms with Crippen LogP contribution in [0.3, 0.4) is 0 Å². The number of amides is 1. The predicted molar refractivity (Wildman–Crippen MR) is 102 cm³/mol. The molecule has 0 atom stereocenters. The second-order valence-corrected chi connectivity index (χ2v) is 6.15. The topological polar surface area (TPSA) is 116 Å². The summed E-state index contributed by atoms with van der Waals surface area (Å²) < 4.78 is 42.6. The van der Waals surface area contributed by atoms with Crippen LogP contribution in [0.25, 0.3) is 5.69 Å².